The minimum Gasteiger partial charge on any atom is -0.478 e. The summed E-state index contributed by atoms with van der Waals surface area (Å²) in [6.07, 6.45) is 1.38. The topological polar surface area (TPSA) is 101 Å². The second-order valence-electron chi connectivity index (χ2n) is 4.24. The zero-order valence-corrected chi connectivity index (χ0v) is 12.0. The SMILES string of the molecule is C=CCNC(=O)CS(=O)(=O)c1cc(C(=O)O)cc(F)c1C. The van der Waals surface area contributed by atoms with E-state index in [1.807, 2.05) is 0 Å². The molecule has 1 aromatic carbocycles. The zero-order chi connectivity index (χ0) is 16.2. The summed E-state index contributed by atoms with van der Waals surface area (Å²) in [6.45, 7) is 4.66. The highest BCUT2D eigenvalue weighted by Crippen LogP contribution is 2.22. The summed E-state index contributed by atoms with van der Waals surface area (Å²) in [4.78, 5) is 21.8. The Hall–Kier alpha value is -2.22. The smallest absolute Gasteiger partial charge is 0.335 e. The summed E-state index contributed by atoms with van der Waals surface area (Å²) in [5, 5.41) is 11.1. The Morgan fingerprint density at radius 1 is 1.43 bits per heavy atom. The van der Waals surface area contributed by atoms with Gasteiger partial charge in [-0.1, -0.05) is 6.08 Å². The van der Waals surface area contributed by atoms with Crippen LogP contribution in [0.25, 0.3) is 0 Å². The van der Waals surface area contributed by atoms with Gasteiger partial charge in [0.2, 0.25) is 5.91 Å². The number of sulfone groups is 1. The molecule has 0 bridgehead atoms. The summed E-state index contributed by atoms with van der Waals surface area (Å²) in [5.41, 5.74) is -0.723. The van der Waals surface area contributed by atoms with Crippen molar-refractivity contribution in [2.75, 3.05) is 12.3 Å². The first-order chi connectivity index (χ1) is 9.69. The van der Waals surface area contributed by atoms with Gasteiger partial charge in [0.25, 0.3) is 0 Å². The number of carbonyl (C=O) groups excluding carboxylic acids is 1. The van der Waals surface area contributed by atoms with Crippen molar-refractivity contribution in [3.05, 3.63) is 41.7 Å². The van der Waals surface area contributed by atoms with Crippen LogP contribution in [0.2, 0.25) is 0 Å². The Bertz CT molecular complexity index is 697. The van der Waals surface area contributed by atoms with Crippen molar-refractivity contribution in [2.45, 2.75) is 11.8 Å². The molecule has 2 N–H and O–H groups in total. The Kier molecular flexibility index (Phi) is 5.20. The highest BCUT2D eigenvalue weighted by molar-refractivity contribution is 7.92. The highest BCUT2D eigenvalue weighted by Gasteiger charge is 2.24. The first kappa shape index (κ1) is 16.8. The number of benzene rings is 1. The molecular weight excluding hydrogens is 301 g/mol. The molecule has 0 fully saturated rings. The van der Waals surface area contributed by atoms with E-state index in [4.69, 9.17) is 5.11 Å². The van der Waals surface area contributed by atoms with Crippen LogP contribution in [0.4, 0.5) is 4.39 Å². The Labute approximate surface area is 121 Å². The lowest BCUT2D eigenvalue weighted by Crippen LogP contribution is -2.30. The fraction of sp³-hybridized carbons (Fsp3) is 0.231. The third kappa shape index (κ3) is 4.12. The number of carbonyl (C=O) groups is 2. The summed E-state index contributed by atoms with van der Waals surface area (Å²) < 4.78 is 37.8. The van der Waals surface area contributed by atoms with Crippen LogP contribution >= 0.6 is 0 Å². The third-order valence-corrected chi connectivity index (χ3v) is 4.38. The quantitative estimate of drug-likeness (QED) is 0.760. The summed E-state index contributed by atoms with van der Waals surface area (Å²) in [5.74, 6) is -4.10. The van der Waals surface area contributed by atoms with E-state index in [2.05, 4.69) is 11.9 Å². The van der Waals surface area contributed by atoms with Gasteiger partial charge in [-0.2, -0.15) is 0 Å². The van der Waals surface area contributed by atoms with Crippen molar-refractivity contribution in [2.24, 2.45) is 0 Å². The normalized spacial score (nSPS) is 11.0. The molecule has 1 aromatic rings. The molecule has 0 aromatic heterocycles. The summed E-state index contributed by atoms with van der Waals surface area (Å²) in [6, 6.07) is 1.57. The lowest BCUT2D eigenvalue weighted by atomic mass is 10.1. The fourth-order valence-corrected chi connectivity index (χ4v) is 3.06. The monoisotopic (exact) mass is 315 g/mol. The lowest BCUT2D eigenvalue weighted by molar-refractivity contribution is -0.118. The van der Waals surface area contributed by atoms with Gasteiger partial charge in [0.1, 0.15) is 11.6 Å². The van der Waals surface area contributed by atoms with E-state index >= 15 is 0 Å². The van der Waals surface area contributed by atoms with Crippen molar-refractivity contribution in [3.8, 4) is 0 Å². The van der Waals surface area contributed by atoms with Crippen LogP contribution in [-0.2, 0) is 14.6 Å². The van der Waals surface area contributed by atoms with E-state index in [1.165, 1.54) is 13.0 Å². The average molecular weight is 315 g/mol. The minimum atomic E-state index is -4.15. The number of hydrogen-bond donors (Lipinski definition) is 2. The molecule has 114 valence electrons. The molecule has 0 aliphatic carbocycles. The zero-order valence-electron chi connectivity index (χ0n) is 11.2. The van der Waals surface area contributed by atoms with Gasteiger partial charge < -0.3 is 10.4 Å². The van der Waals surface area contributed by atoms with Crippen LogP contribution in [0.15, 0.2) is 29.7 Å². The number of aromatic carboxylic acids is 1. The average Bonchev–Trinajstić information content (AvgIpc) is 2.38. The molecule has 1 amide bonds. The Balaban J connectivity index is 3.22. The largest absolute Gasteiger partial charge is 0.478 e. The molecule has 0 atom stereocenters. The van der Waals surface area contributed by atoms with Gasteiger partial charge in [0.05, 0.1) is 10.5 Å². The number of carboxylic acid groups (broad SMARTS) is 1. The van der Waals surface area contributed by atoms with Gasteiger partial charge in [0.15, 0.2) is 9.84 Å². The highest BCUT2D eigenvalue weighted by atomic mass is 32.2. The van der Waals surface area contributed by atoms with Crippen LogP contribution in [0.1, 0.15) is 15.9 Å². The van der Waals surface area contributed by atoms with Gasteiger partial charge in [0, 0.05) is 12.1 Å². The van der Waals surface area contributed by atoms with E-state index in [1.54, 1.807) is 0 Å². The summed E-state index contributed by atoms with van der Waals surface area (Å²) in [7, 11) is -4.15. The predicted octanol–water partition coefficient (Wildman–Crippen LogP) is 0.908. The Morgan fingerprint density at radius 3 is 2.57 bits per heavy atom. The van der Waals surface area contributed by atoms with E-state index in [9.17, 15) is 22.4 Å². The standard InChI is InChI=1S/C13H14FNO5S/c1-3-4-15-12(16)7-21(19,20)11-6-9(13(17)18)5-10(14)8(11)2/h3,5-6H,1,4,7H2,2H3,(H,15,16)(H,17,18). The predicted molar refractivity (Wildman–Crippen MR) is 73.4 cm³/mol. The van der Waals surface area contributed by atoms with E-state index in [0.29, 0.717) is 0 Å². The van der Waals surface area contributed by atoms with Crippen LogP contribution in [0, 0.1) is 12.7 Å². The maximum atomic E-state index is 13.6. The van der Waals surface area contributed by atoms with Crippen molar-refractivity contribution in [1.82, 2.24) is 5.32 Å². The number of nitrogens with one attached hydrogen (secondary N) is 1. The van der Waals surface area contributed by atoms with Crippen molar-refractivity contribution in [1.29, 1.82) is 0 Å². The molecule has 0 saturated heterocycles. The molecule has 6 nitrogen and oxygen atoms in total. The van der Waals surface area contributed by atoms with Gasteiger partial charge in [-0.3, -0.25) is 4.79 Å². The second kappa shape index (κ2) is 6.49. The van der Waals surface area contributed by atoms with E-state index < -0.39 is 43.7 Å². The van der Waals surface area contributed by atoms with Crippen molar-refractivity contribution < 1.29 is 27.5 Å². The lowest BCUT2D eigenvalue weighted by Gasteiger charge is -2.10. The van der Waals surface area contributed by atoms with Crippen molar-refractivity contribution in [3.63, 3.8) is 0 Å². The van der Waals surface area contributed by atoms with Gasteiger partial charge >= 0.3 is 5.97 Å². The second-order valence-corrected chi connectivity index (χ2v) is 6.20. The van der Waals surface area contributed by atoms with Crippen LogP contribution in [0.3, 0.4) is 0 Å². The first-order valence-electron chi connectivity index (χ1n) is 5.83. The van der Waals surface area contributed by atoms with Gasteiger partial charge in [-0.05, 0) is 19.1 Å². The maximum Gasteiger partial charge on any atom is 0.335 e. The number of hydrogen-bond acceptors (Lipinski definition) is 4. The van der Waals surface area contributed by atoms with E-state index in [-0.39, 0.29) is 12.1 Å². The fourth-order valence-electron chi connectivity index (χ4n) is 1.59. The molecule has 0 unspecified atom stereocenters. The molecule has 21 heavy (non-hydrogen) atoms. The van der Waals surface area contributed by atoms with Crippen molar-refractivity contribution >= 4 is 21.7 Å². The number of rotatable bonds is 6. The third-order valence-electron chi connectivity index (χ3n) is 2.64. The molecular formula is C13H14FNO5S. The molecule has 0 saturated carbocycles. The van der Waals surface area contributed by atoms with Crippen LogP contribution in [-0.4, -0.2) is 37.7 Å². The first-order valence-corrected chi connectivity index (χ1v) is 7.48. The molecule has 8 heteroatoms. The molecule has 1 rings (SSSR count). The van der Waals surface area contributed by atoms with Crippen LogP contribution in [0.5, 0.6) is 0 Å². The number of amides is 1. The number of halogens is 1. The summed E-state index contributed by atoms with van der Waals surface area (Å²) >= 11 is 0. The molecule has 0 spiro atoms. The van der Waals surface area contributed by atoms with E-state index in [0.717, 1.165) is 12.1 Å². The minimum absolute atomic E-state index is 0.0941. The van der Waals surface area contributed by atoms with Crippen LogP contribution < -0.4 is 5.32 Å². The Morgan fingerprint density at radius 2 is 2.05 bits per heavy atom. The number of carboxylic acids is 1. The van der Waals surface area contributed by atoms with Gasteiger partial charge in [-0.25, -0.2) is 17.6 Å². The maximum absolute atomic E-state index is 13.6. The molecule has 0 radical (unpaired) electrons. The van der Waals surface area contributed by atoms with Gasteiger partial charge in [-0.15, -0.1) is 6.58 Å². The molecule has 0 heterocycles. The molecule has 0 aliphatic rings. The molecule has 0 aliphatic heterocycles.